The molecule has 0 aromatic heterocycles. The number of nitrogens with one attached hydrogen (secondary N) is 1. The van der Waals surface area contributed by atoms with E-state index in [0.29, 0.717) is 0 Å². The molecule has 2 N–H and O–H groups in total. The summed E-state index contributed by atoms with van der Waals surface area (Å²) in [5.74, 6) is 0. The van der Waals surface area contributed by atoms with Crippen LogP contribution in [0.2, 0.25) is 0 Å². The fourth-order valence-corrected chi connectivity index (χ4v) is 0.896. The normalized spacial score (nSPS) is 28.8. The minimum Gasteiger partial charge on any atom is -0.391 e. The summed E-state index contributed by atoms with van der Waals surface area (Å²) in [7, 11) is 0. The summed E-state index contributed by atoms with van der Waals surface area (Å²) in [6.07, 6.45) is -0.350. The van der Waals surface area contributed by atoms with E-state index in [0.717, 1.165) is 19.7 Å². The van der Waals surface area contributed by atoms with Crippen LogP contribution in [0.25, 0.3) is 0 Å². The van der Waals surface area contributed by atoms with Gasteiger partial charge in [-0.1, -0.05) is 0 Å². The maximum absolute atomic E-state index is 9.01. The molecular formula is C6H14ClNO2. The molecule has 62 valence electrons. The van der Waals surface area contributed by atoms with Gasteiger partial charge < -0.3 is 15.2 Å². The van der Waals surface area contributed by atoms with Crippen LogP contribution in [0.3, 0.4) is 0 Å². The number of halogens is 1. The largest absolute Gasteiger partial charge is 0.391 e. The summed E-state index contributed by atoms with van der Waals surface area (Å²) in [6.45, 7) is 4.15. The van der Waals surface area contributed by atoms with Gasteiger partial charge in [-0.25, -0.2) is 0 Å². The van der Waals surface area contributed by atoms with E-state index in [1.807, 2.05) is 0 Å². The highest BCUT2D eigenvalue weighted by molar-refractivity contribution is 5.85. The maximum Gasteiger partial charge on any atom is 0.0955 e. The maximum atomic E-state index is 9.01. The van der Waals surface area contributed by atoms with Crippen molar-refractivity contribution in [3.63, 3.8) is 0 Å². The van der Waals surface area contributed by atoms with Crippen molar-refractivity contribution < 1.29 is 9.84 Å². The Morgan fingerprint density at radius 1 is 1.70 bits per heavy atom. The first-order valence-corrected chi connectivity index (χ1v) is 3.31. The number of ether oxygens (including phenoxy) is 1. The van der Waals surface area contributed by atoms with Crippen LogP contribution in [-0.4, -0.2) is 37.0 Å². The van der Waals surface area contributed by atoms with Crippen molar-refractivity contribution in [2.24, 2.45) is 0 Å². The molecule has 0 aliphatic carbocycles. The minimum absolute atomic E-state index is 0. The SMILES string of the molecule is CC(O)C1CNCCO1.Cl. The zero-order chi connectivity index (χ0) is 6.69. The molecule has 0 amide bonds. The lowest BCUT2D eigenvalue weighted by molar-refractivity contribution is -0.0445. The Bertz CT molecular complexity index is 83.8. The molecule has 1 heterocycles. The Kier molecular flexibility index (Phi) is 4.99. The Morgan fingerprint density at radius 2 is 2.40 bits per heavy atom. The van der Waals surface area contributed by atoms with Gasteiger partial charge in [-0.2, -0.15) is 0 Å². The number of hydrogen-bond acceptors (Lipinski definition) is 3. The topological polar surface area (TPSA) is 41.5 Å². The van der Waals surface area contributed by atoms with Gasteiger partial charge in [0.1, 0.15) is 0 Å². The fraction of sp³-hybridized carbons (Fsp3) is 1.00. The zero-order valence-corrected chi connectivity index (χ0v) is 6.86. The summed E-state index contributed by atoms with van der Waals surface area (Å²) >= 11 is 0. The van der Waals surface area contributed by atoms with E-state index in [2.05, 4.69) is 5.32 Å². The predicted molar refractivity (Wildman–Crippen MR) is 41.5 cm³/mol. The van der Waals surface area contributed by atoms with Crippen LogP contribution in [0.5, 0.6) is 0 Å². The molecule has 0 aromatic carbocycles. The van der Waals surface area contributed by atoms with Crippen LogP contribution in [-0.2, 0) is 4.74 Å². The molecule has 1 saturated heterocycles. The second kappa shape index (κ2) is 4.91. The van der Waals surface area contributed by atoms with Crippen molar-refractivity contribution in [2.45, 2.75) is 19.1 Å². The molecule has 2 unspecified atom stereocenters. The third kappa shape index (κ3) is 2.84. The van der Waals surface area contributed by atoms with E-state index in [-0.39, 0.29) is 24.6 Å². The smallest absolute Gasteiger partial charge is 0.0955 e. The van der Waals surface area contributed by atoms with E-state index in [1.165, 1.54) is 0 Å². The van der Waals surface area contributed by atoms with Gasteiger partial charge in [-0.3, -0.25) is 0 Å². The van der Waals surface area contributed by atoms with Crippen molar-refractivity contribution in [1.82, 2.24) is 5.32 Å². The lowest BCUT2D eigenvalue weighted by Crippen LogP contribution is -2.43. The highest BCUT2D eigenvalue weighted by atomic mass is 35.5. The molecule has 1 aliphatic heterocycles. The van der Waals surface area contributed by atoms with E-state index < -0.39 is 0 Å². The van der Waals surface area contributed by atoms with Crippen LogP contribution in [0.4, 0.5) is 0 Å². The first kappa shape index (κ1) is 10.2. The Morgan fingerprint density at radius 3 is 2.70 bits per heavy atom. The van der Waals surface area contributed by atoms with Gasteiger partial charge in [-0.15, -0.1) is 12.4 Å². The summed E-state index contributed by atoms with van der Waals surface area (Å²) in [5.41, 5.74) is 0. The number of aliphatic hydroxyl groups excluding tert-OH is 1. The lowest BCUT2D eigenvalue weighted by atomic mass is 10.2. The van der Waals surface area contributed by atoms with Crippen molar-refractivity contribution in [1.29, 1.82) is 0 Å². The molecule has 0 bridgehead atoms. The third-order valence-electron chi connectivity index (χ3n) is 1.49. The molecular weight excluding hydrogens is 154 g/mol. The van der Waals surface area contributed by atoms with E-state index in [9.17, 15) is 0 Å². The van der Waals surface area contributed by atoms with Crippen LogP contribution in [0.1, 0.15) is 6.92 Å². The molecule has 0 aromatic rings. The monoisotopic (exact) mass is 167 g/mol. The Hall–Kier alpha value is 0.170. The van der Waals surface area contributed by atoms with Crippen LogP contribution in [0, 0.1) is 0 Å². The van der Waals surface area contributed by atoms with Crippen LogP contribution in [0.15, 0.2) is 0 Å². The number of aliphatic hydroxyl groups is 1. The molecule has 3 nitrogen and oxygen atoms in total. The molecule has 1 rings (SSSR count). The highest BCUT2D eigenvalue weighted by Gasteiger charge is 2.17. The van der Waals surface area contributed by atoms with Gasteiger partial charge in [0.05, 0.1) is 18.8 Å². The van der Waals surface area contributed by atoms with Gasteiger partial charge >= 0.3 is 0 Å². The molecule has 0 radical (unpaired) electrons. The van der Waals surface area contributed by atoms with E-state index in [1.54, 1.807) is 6.92 Å². The zero-order valence-electron chi connectivity index (χ0n) is 6.04. The van der Waals surface area contributed by atoms with Gasteiger partial charge in [0.15, 0.2) is 0 Å². The van der Waals surface area contributed by atoms with Gasteiger partial charge in [-0.05, 0) is 6.92 Å². The number of rotatable bonds is 1. The van der Waals surface area contributed by atoms with Crippen molar-refractivity contribution in [3.8, 4) is 0 Å². The van der Waals surface area contributed by atoms with Gasteiger partial charge in [0, 0.05) is 13.1 Å². The van der Waals surface area contributed by atoms with Crippen molar-refractivity contribution in [2.75, 3.05) is 19.7 Å². The molecule has 1 aliphatic rings. The fourth-order valence-electron chi connectivity index (χ4n) is 0.896. The van der Waals surface area contributed by atoms with Gasteiger partial charge in [0.25, 0.3) is 0 Å². The van der Waals surface area contributed by atoms with Gasteiger partial charge in [0.2, 0.25) is 0 Å². The lowest BCUT2D eigenvalue weighted by Gasteiger charge is -2.25. The molecule has 2 atom stereocenters. The molecule has 10 heavy (non-hydrogen) atoms. The van der Waals surface area contributed by atoms with Crippen LogP contribution >= 0.6 is 12.4 Å². The van der Waals surface area contributed by atoms with Crippen molar-refractivity contribution >= 4 is 12.4 Å². The van der Waals surface area contributed by atoms with E-state index in [4.69, 9.17) is 9.84 Å². The van der Waals surface area contributed by atoms with Crippen molar-refractivity contribution in [3.05, 3.63) is 0 Å². The quantitative estimate of drug-likeness (QED) is 0.568. The molecule has 0 spiro atoms. The molecule has 0 saturated carbocycles. The summed E-state index contributed by atoms with van der Waals surface area (Å²) in [5, 5.41) is 12.1. The number of morpholine rings is 1. The first-order valence-electron chi connectivity index (χ1n) is 3.31. The average Bonchev–Trinajstić information content (AvgIpc) is 1.90. The standard InChI is InChI=1S/C6H13NO2.ClH/c1-5(8)6-4-7-2-3-9-6;/h5-8H,2-4H2,1H3;1H. The first-order chi connectivity index (χ1) is 4.30. The second-order valence-corrected chi connectivity index (χ2v) is 2.35. The Balaban J connectivity index is 0.000000810. The Labute approximate surface area is 67.2 Å². The molecule has 4 heteroatoms. The summed E-state index contributed by atoms with van der Waals surface area (Å²) in [4.78, 5) is 0. The second-order valence-electron chi connectivity index (χ2n) is 2.35. The third-order valence-corrected chi connectivity index (χ3v) is 1.49. The van der Waals surface area contributed by atoms with E-state index >= 15 is 0 Å². The predicted octanol–water partition coefficient (Wildman–Crippen LogP) is -0.223. The summed E-state index contributed by atoms with van der Waals surface area (Å²) < 4.78 is 5.23. The highest BCUT2D eigenvalue weighted by Crippen LogP contribution is 2.00. The number of hydrogen-bond donors (Lipinski definition) is 2. The van der Waals surface area contributed by atoms with Crippen LogP contribution < -0.4 is 5.32 Å². The molecule has 1 fully saturated rings. The average molecular weight is 168 g/mol. The minimum atomic E-state index is -0.349. The summed E-state index contributed by atoms with van der Waals surface area (Å²) in [6, 6.07) is 0.